The summed E-state index contributed by atoms with van der Waals surface area (Å²) in [6.07, 6.45) is 0.593. The summed E-state index contributed by atoms with van der Waals surface area (Å²) < 4.78 is 5.40. The van der Waals surface area contributed by atoms with Gasteiger partial charge in [-0.25, -0.2) is 4.79 Å². The summed E-state index contributed by atoms with van der Waals surface area (Å²) in [7, 11) is 0. The lowest BCUT2D eigenvalue weighted by Crippen LogP contribution is -2.29. The maximum Gasteiger partial charge on any atom is 0.341 e. The molecule has 0 aromatic heterocycles. The Morgan fingerprint density at radius 2 is 1.88 bits per heavy atom. The van der Waals surface area contributed by atoms with E-state index in [0.717, 1.165) is 27.8 Å². The molecule has 0 bridgehead atoms. The van der Waals surface area contributed by atoms with Crippen molar-refractivity contribution in [2.75, 3.05) is 6.61 Å². The number of ketones is 1. The van der Waals surface area contributed by atoms with Crippen molar-refractivity contribution in [3.8, 4) is 5.75 Å². The highest BCUT2D eigenvalue weighted by molar-refractivity contribution is 6.09. The number of rotatable bonds is 4. The fraction of sp³-hybridized carbons (Fsp3) is 0.300. The molecule has 0 saturated carbocycles. The van der Waals surface area contributed by atoms with Gasteiger partial charge in [-0.2, -0.15) is 0 Å². The van der Waals surface area contributed by atoms with Gasteiger partial charge in [0.25, 0.3) is 0 Å². The monoisotopic (exact) mass is 324 g/mol. The molecule has 0 heterocycles. The molecule has 2 aromatic rings. The Kier molecular flexibility index (Phi) is 3.91. The standard InChI is InChI=1S/C20H20O4/c1-12-13(2)18-14(9-16(12)24-11-17(21)22)10-20(3,19(18)23)15-7-5-4-6-8-15/h4-9H,10-11H2,1-3H3,(H,21,22). The zero-order valence-electron chi connectivity index (χ0n) is 14.1. The second-order valence-corrected chi connectivity index (χ2v) is 6.55. The van der Waals surface area contributed by atoms with E-state index in [9.17, 15) is 9.59 Å². The van der Waals surface area contributed by atoms with Gasteiger partial charge in [0.15, 0.2) is 12.4 Å². The molecule has 24 heavy (non-hydrogen) atoms. The Balaban J connectivity index is 2.05. The van der Waals surface area contributed by atoms with Crippen LogP contribution in [0.5, 0.6) is 5.75 Å². The van der Waals surface area contributed by atoms with E-state index in [1.54, 1.807) is 0 Å². The fourth-order valence-corrected chi connectivity index (χ4v) is 3.47. The molecule has 0 spiro atoms. The number of carbonyl (C=O) groups is 2. The van der Waals surface area contributed by atoms with Gasteiger partial charge >= 0.3 is 5.97 Å². The Hall–Kier alpha value is -2.62. The van der Waals surface area contributed by atoms with Crippen LogP contribution in [-0.2, 0) is 16.6 Å². The van der Waals surface area contributed by atoms with E-state index >= 15 is 0 Å². The average molecular weight is 324 g/mol. The van der Waals surface area contributed by atoms with Crippen molar-refractivity contribution in [1.29, 1.82) is 0 Å². The predicted octanol–water partition coefficient (Wildman–Crippen LogP) is 3.46. The maximum absolute atomic E-state index is 13.1. The third-order valence-electron chi connectivity index (χ3n) is 4.97. The van der Waals surface area contributed by atoms with Gasteiger partial charge in [-0.1, -0.05) is 30.3 Å². The first-order valence-electron chi connectivity index (χ1n) is 7.92. The highest BCUT2D eigenvalue weighted by atomic mass is 16.5. The van der Waals surface area contributed by atoms with Crippen LogP contribution in [0.2, 0.25) is 0 Å². The molecule has 1 N–H and O–H groups in total. The minimum atomic E-state index is -1.02. The molecule has 3 rings (SSSR count). The molecule has 0 fully saturated rings. The van der Waals surface area contributed by atoms with Crippen LogP contribution < -0.4 is 4.74 Å². The molecule has 1 atom stereocenters. The third-order valence-corrected chi connectivity index (χ3v) is 4.97. The van der Waals surface area contributed by atoms with Gasteiger partial charge in [0.2, 0.25) is 0 Å². The SMILES string of the molecule is Cc1c(OCC(=O)O)cc2c(c1C)C(=O)C(C)(c1ccccc1)C2. The van der Waals surface area contributed by atoms with Crippen LogP contribution >= 0.6 is 0 Å². The number of ether oxygens (including phenoxy) is 1. The number of carbonyl (C=O) groups excluding carboxylic acids is 1. The molecule has 124 valence electrons. The van der Waals surface area contributed by atoms with Gasteiger partial charge in [-0.3, -0.25) is 4.79 Å². The van der Waals surface area contributed by atoms with Gasteiger partial charge < -0.3 is 9.84 Å². The lowest BCUT2D eigenvalue weighted by Gasteiger charge is -2.22. The number of benzene rings is 2. The quantitative estimate of drug-likeness (QED) is 0.935. The van der Waals surface area contributed by atoms with Crippen LogP contribution in [-0.4, -0.2) is 23.5 Å². The Morgan fingerprint density at radius 3 is 2.50 bits per heavy atom. The van der Waals surface area contributed by atoms with Crippen molar-refractivity contribution < 1.29 is 19.4 Å². The number of hydrogen-bond donors (Lipinski definition) is 1. The summed E-state index contributed by atoms with van der Waals surface area (Å²) in [6.45, 7) is 5.34. The predicted molar refractivity (Wildman–Crippen MR) is 90.9 cm³/mol. The molecule has 4 heteroatoms. The van der Waals surface area contributed by atoms with Crippen LogP contribution in [0.3, 0.4) is 0 Å². The number of Topliss-reactive ketones (excluding diaryl/α,β-unsaturated/α-hetero) is 1. The topological polar surface area (TPSA) is 63.6 Å². The molecular weight excluding hydrogens is 304 g/mol. The first-order valence-corrected chi connectivity index (χ1v) is 7.92. The van der Waals surface area contributed by atoms with E-state index in [2.05, 4.69) is 0 Å². The summed E-state index contributed by atoms with van der Waals surface area (Å²) in [5.41, 5.74) is 3.78. The highest BCUT2D eigenvalue weighted by Crippen LogP contribution is 2.43. The largest absolute Gasteiger partial charge is 0.482 e. The molecule has 1 unspecified atom stereocenters. The van der Waals surface area contributed by atoms with E-state index in [4.69, 9.17) is 9.84 Å². The fourth-order valence-electron chi connectivity index (χ4n) is 3.47. The second-order valence-electron chi connectivity index (χ2n) is 6.55. The smallest absolute Gasteiger partial charge is 0.341 e. The van der Waals surface area contributed by atoms with E-state index in [1.165, 1.54) is 0 Å². The first kappa shape index (κ1) is 16.2. The zero-order valence-corrected chi connectivity index (χ0v) is 14.1. The van der Waals surface area contributed by atoms with Crippen LogP contribution in [0.1, 0.15) is 39.5 Å². The highest BCUT2D eigenvalue weighted by Gasteiger charge is 2.44. The molecule has 0 saturated heterocycles. The van der Waals surface area contributed by atoms with Crippen molar-refractivity contribution >= 4 is 11.8 Å². The molecule has 2 aromatic carbocycles. The minimum absolute atomic E-state index is 0.120. The van der Waals surface area contributed by atoms with Gasteiger partial charge in [0.05, 0.1) is 5.41 Å². The summed E-state index contributed by atoms with van der Waals surface area (Å²) in [5.74, 6) is -0.356. The van der Waals surface area contributed by atoms with Crippen molar-refractivity contribution in [1.82, 2.24) is 0 Å². The lowest BCUT2D eigenvalue weighted by atomic mass is 9.79. The van der Waals surface area contributed by atoms with Crippen molar-refractivity contribution in [3.63, 3.8) is 0 Å². The van der Waals surface area contributed by atoms with Gasteiger partial charge in [0, 0.05) is 5.56 Å². The number of hydrogen-bond acceptors (Lipinski definition) is 3. The lowest BCUT2D eigenvalue weighted by molar-refractivity contribution is -0.139. The summed E-state index contributed by atoms with van der Waals surface area (Å²) in [5, 5.41) is 8.82. The minimum Gasteiger partial charge on any atom is -0.482 e. The Bertz CT molecular complexity index is 823. The van der Waals surface area contributed by atoms with E-state index in [0.29, 0.717) is 12.2 Å². The summed E-state index contributed by atoms with van der Waals surface area (Å²) in [4.78, 5) is 23.9. The van der Waals surface area contributed by atoms with Crippen molar-refractivity contribution in [3.05, 3.63) is 64.2 Å². The number of aliphatic carboxylic acids is 1. The Labute approximate surface area is 141 Å². The van der Waals surface area contributed by atoms with Crippen molar-refractivity contribution in [2.24, 2.45) is 0 Å². The van der Waals surface area contributed by atoms with Gasteiger partial charge in [-0.15, -0.1) is 0 Å². The normalized spacial score (nSPS) is 19.2. The second kappa shape index (κ2) is 5.78. The van der Waals surface area contributed by atoms with Crippen LogP contribution in [0.25, 0.3) is 0 Å². The summed E-state index contributed by atoms with van der Waals surface area (Å²) in [6, 6.07) is 11.6. The van der Waals surface area contributed by atoms with E-state index in [-0.39, 0.29) is 12.4 Å². The molecule has 0 radical (unpaired) electrons. The van der Waals surface area contributed by atoms with Crippen LogP contribution in [0, 0.1) is 13.8 Å². The number of carboxylic acid groups (broad SMARTS) is 1. The molecule has 1 aliphatic carbocycles. The average Bonchev–Trinajstić information content (AvgIpc) is 2.82. The van der Waals surface area contributed by atoms with E-state index < -0.39 is 11.4 Å². The Morgan fingerprint density at radius 1 is 1.21 bits per heavy atom. The third kappa shape index (κ3) is 2.48. The van der Waals surface area contributed by atoms with Gasteiger partial charge in [0.1, 0.15) is 5.75 Å². The first-order chi connectivity index (χ1) is 11.3. The molecule has 0 amide bonds. The maximum atomic E-state index is 13.1. The number of fused-ring (bicyclic) bond motifs is 1. The van der Waals surface area contributed by atoms with E-state index in [1.807, 2.05) is 57.2 Å². The van der Waals surface area contributed by atoms with Crippen LogP contribution in [0.15, 0.2) is 36.4 Å². The molecule has 4 nitrogen and oxygen atoms in total. The summed E-state index contributed by atoms with van der Waals surface area (Å²) >= 11 is 0. The number of carboxylic acids is 1. The zero-order chi connectivity index (χ0) is 17.5. The van der Waals surface area contributed by atoms with Crippen molar-refractivity contribution in [2.45, 2.75) is 32.6 Å². The van der Waals surface area contributed by atoms with Crippen LogP contribution in [0.4, 0.5) is 0 Å². The molecule has 0 aliphatic heterocycles. The molecule has 1 aliphatic rings. The van der Waals surface area contributed by atoms with Gasteiger partial charge in [-0.05, 0) is 55.5 Å². The molecular formula is C20H20O4.